The number of ether oxygens (including phenoxy) is 1. The molecule has 0 aliphatic carbocycles. The summed E-state index contributed by atoms with van der Waals surface area (Å²) in [5.41, 5.74) is 1.58. The third-order valence-corrected chi connectivity index (χ3v) is 4.31. The van der Waals surface area contributed by atoms with E-state index in [4.69, 9.17) is 16.3 Å². The van der Waals surface area contributed by atoms with E-state index in [0.717, 1.165) is 10.9 Å². The molecule has 2 aromatic carbocycles. The van der Waals surface area contributed by atoms with Crippen LogP contribution in [0.15, 0.2) is 60.7 Å². The van der Waals surface area contributed by atoms with Gasteiger partial charge in [0.2, 0.25) is 5.88 Å². The van der Waals surface area contributed by atoms with E-state index < -0.39 is 0 Å². The molecular weight excluding hydrogens is 338 g/mol. The van der Waals surface area contributed by atoms with Gasteiger partial charge in [0, 0.05) is 22.2 Å². The number of anilines is 1. The summed E-state index contributed by atoms with van der Waals surface area (Å²) in [6.45, 7) is 1.06. The van der Waals surface area contributed by atoms with Crippen molar-refractivity contribution < 1.29 is 9.53 Å². The van der Waals surface area contributed by atoms with E-state index in [1.807, 2.05) is 36.4 Å². The summed E-state index contributed by atoms with van der Waals surface area (Å²) in [5.74, 6) is 0.582. The summed E-state index contributed by atoms with van der Waals surface area (Å²) in [4.78, 5) is 18.4. The van der Waals surface area contributed by atoms with E-state index in [1.165, 1.54) is 0 Å². The fourth-order valence-corrected chi connectivity index (χ4v) is 2.92. The van der Waals surface area contributed by atoms with Gasteiger partial charge < -0.3 is 15.0 Å². The molecule has 5 nitrogen and oxygen atoms in total. The van der Waals surface area contributed by atoms with Crippen LogP contribution in [0.1, 0.15) is 0 Å². The normalized spacial score (nSPS) is 14.2. The molecule has 126 valence electrons. The van der Waals surface area contributed by atoms with Gasteiger partial charge in [-0.3, -0.25) is 0 Å². The number of likely N-dealkylation sites (tertiary alicyclic amines) is 1. The highest BCUT2D eigenvalue weighted by Crippen LogP contribution is 2.21. The highest BCUT2D eigenvalue weighted by molar-refractivity contribution is 6.30. The average Bonchev–Trinajstić information content (AvgIpc) is 2.57. The largest absolute Gasteiger partial charge is 0.471 e. The van der Waals surface area contributed by atoms with Crippen molar-refractivity contribution in [2.24, 2.45) is 0 Å². The number of amides is 2. The van der Waals surface area contributed by atoms with Gasteiger partial charge in [-0.25, -0.2) is 9.78 Å². The molecule has 0 atom stereocenters. The number of hydrogen-bond acceptors (Lipinski definition) is 3. The van der Waals surface area contributed by atoms with Gasteiger partial charge in [0.15, 0.2) is 0 Å². The van der Waals surface area contributed by atoms with Gasteiger partial charge in [-0.2, -0.15) is 0 Å². The number of urea groups is 1. The van der Waals surface area contributed by atoms with Gasteiger partial charge in [0.25, 0.3) is 0 Å². The molecule has 1 fully saturated rings. The second-order valence-corrected chi connectivity index (χ2v) is 6.36. The van der Waals surface area contributed by atoms with Crippen LogP contribution in [-0.4, -0.2) is 35.1 Å². The monoisotopic (exact) mass is 353 g/mol. The van der Waals surface area contributed by atoms with Crippen LogP contribution in [0.4, 0.5) is 10.5 Å². The lowest BCUT2D eigenvalue weighted by molar-refractivity contribution is 0.0463. The topological polar surface area (TPSA) is 54.5 Å². The second-order valence-electron chi connectivity index (χ2n) is 5.93. The zero-order chi connectivity index (χ0) is 17.2. The zero-order valence-corrected chi connectivity index (χ0v) is 14.1. The standard InChI is InChI=1S/C19H16ClN3O2/c20-14-5-3-6-15(10-14)21-19(24)23-11-16(12-23)25-18-9-8-13-4-1-2-7-17(13)22-18/h1-10,16H,11-12H2,(H,21,24). The second kappa shape index (κ2) is 6.61. The predicted molar refractivity (Wildman–Crippen MR) is 98.2 cm³/mol. The maximum Gasteiger partial charge on any atom is 0.322 e. The van der Waals surface area contributed by atoms with Crippen molar-refractivity contribution in [1.29, 1.82) is 0 Å². The summed E-state index contributed by atoms with van der Waals surface area (Å²) >= 11 is 5.92. The number of benzene rings is 2. The van der Waals surface area contributed by atoms with Crippen LogP contribution in [0.3, 0.4) is 0 Å². The number of fused-ring (bicyclic) bond motifs is 1. The Bertz CT molecular complexity index is 925. The quantitative estimate of drug-likeness (QED) is 0.768. The number of carbonyl (C=O) groups excluding carboxylic acids is 1. The SMILES string of the molecule is O=C(Nc1cccc(Cl)c1)N1CC(Oc2ccc3ccccc3n2)C1. The van der Waals surface area contributed by atoms with Gasteiger partial charge >= 0.3 is 6.03 Å². The Labute approximate surface area is 150 Å². The molecule has 0 spiro atoms. The van der Waals surface area contributed by atoms with Gasteiger partial charge in [-0.05, 0) is 30.3 Å². The number of aromatic nitrogens is 1. The van der Waals surface area contributed by atoms with Gasteiger partial charge in [-0.1, -0.05) is 35.9 Å². The van der Waals surface area contributed by atoms with Crippen LogP contribution in [0, 0.1) is 0 Å². The number of hydrogen-bond donors (Lipinski definition) is 1. The van der Waals surface area contributed by atoms with E-state index in [-0.39, 0.29) is 12.1 Å². The molecule has 3 aromatic rings. The van der Waals surface area contributed by atoms with Crippen molar-refractivity contribution in [2.45, 2.75) is 6.10 Å². The van der Waals surface area contributed by atoms with Crippen molar-refractivity contribution in [3.63, 3.8) is 0 Å². The highest BCUT2D eigenvalue weighted by atomic mass is 35.5. The molecule has 6 heteroatoms. The van der Waals surface area contributed by atoms with Crippen molar-refractivity contribution in [1.82, 2.24) is 9.88 Å². The molecule has 1 aromatic heterocycles. The summed E-state index contributed by atoms with van der Waals surface area (Å²) in [6.07, 6.45) is -0.0428. The Kier molecular flexibility index (Phi) is 4.15. The number of carbonyl (C=O) groups is 1. The number of para-hydroxylation sites is 1. The summed E-state index contributed by atoms with van der Waals surface area (Å²) < 4.78 is 5.85. The molecule has 1 aliphatic rings. The zero-order valence-electron chi connectivity index (χ0n) is 13.4. The van der Waals surface area contributed by atoms with Crippen molar-refractivity contribution in [2.75, 3.05) is 18.4 Å². The first-order valence-electron chi connectivity index (χ1n) is 8.01. The van der Waals surface area contributed by atoms with Gasteiger partial charge in [-0.15, -0.1) is 0 Å². The number of pyridine rings is 1. The number of rotatable bonds is 3. The van der Waals surface area contributed by atoms with Crippen LogP contribution in [-0.2, 0) is 0 Å². The van der Waals surface area contributed by atoms with Crippen molar-refractivity contribution >= 4 is 34.2 Å². The molecule has 0 bridgehead atoms. The molecule has 0 unspecified atom stereocenters. The molecule has 1 N–H and O–H groups in total. The maximum atomic E-state index is 12.2. The Balaban J connectivity index is 1.32. The van der Waals surface area contributed by atoms with E-state index in [0.29, 0.717) is 29.7 Å². The van der Waals surface area contributed by atoms with Crippen LogP contribution < -0.4 is 10.1 Å². The Morgan fingerprint density at radius 3 is 2.80 bits per heavy atom. The third-order valence-electron chi connectivity index (χ3n) is 4.07. The third kappa shape index (κ3) is 3.51. The molecule has 2 heterocycles. The van der Waals surface area contributed by atoms with Crippen molar-refractivity contribution in [3.8, 4) is 5.88 Å². The minimum absolute atomic E-state index is 0.0428. The first-order chi connectivity index (χ1) is 12.2. The number of nitrogens with one attached hydrogen (secondary N) is 1. The van der Waals surface area contributed by atoms with Crippen LogP contribution in [0.2, 0.25) is 5.02 Å². The number of nitrogens with zero attached hydrogens (tertiary/aromatic N) is 2. The first kappa shape index (κ1) is 15.7. The van der Waals surface area contributed by atoms with Crippen LogP contribution in [0.25, 0.3) is 10.9 Å². The summed E-state index contributed by atoms with van der Waals surface area (Å²) in [7, 11) is 0. The first-order valence-corrected chi connectivity index (χ1v) is 8.39. The van der Waals surface area contributed by atoms with Gasteiger partial charge in [0.05, 0.1) is 18.6 Å². The van der Waals surface area contributed by atoms with Crippen LogP contribution >= 0.6 is 11.6 Å². The molecule has 0 radical (unpaired) electrons. The molecule has 4 rings (SSSR count). The maximum absolute atomic E-state index is 12.2. The van der Waals surface area contributed by atoms with E-state index in [9.17, 15) is 4.79 Å². The average molecular weight is 354 g/mol. The Morgan fingerprint density at radius 1 is 1.12 bits per heavy atom. The molecule has 1 saturated heterocycles. The minimum atomic E-state index is -0.159. The van der Waals surface area contributed by atoms with Crippen LogP contribution in [0.5, 0.6) is 5.88 Å². The lowest BCUT2D eigenvalue weighted by Gasteiger charge is -2.38. The Morgan fingerprint density at radius 2 is 1.96 bits per heavy atom. The molecular formula is C19H16ClN3O2. The van der Waals surface area contributed by atoms with Gasteiger partial charge in [0.1, 0.15) is 6.10 Å². The van der Waals surface area contributed by atoms with E-state index in [2.05, 4.69) is 10.3 Å². The predicted octanol–water partition coefficient (Wildman–Crippen LogP) is 4.18. The summed E-state index contributed by atoms with van der Waals surface area (Å²) in [6, 6.07) is 18.7. The Hall–Kier alpha value is -2.79. The minimum Gasteiger partial charge on any atom is -0.471 e. The molecule has 25 heavy (non-hydrogen) atoms. The van der Waals surface area contributed by atoms with E-state index in [1.54, 1.807) is 29.2 Å². The molecule has 2 amide bonds. The fraction of sp³-hybridized carbons (Fsp3) is 0.158. The number of halogens is 1. The fourth-order valence-electron chi connectivity index (χ4n) is 2.73. The van der Waals surface area contributed by atoms with E-state index >= 15 is 0 Å². The smallest absolute Gasteiger partial charge is 0.322 e. The van der Waals surface area contributed by atoms with Crippen molar-refractivity contribution in [3.05, 3.63) is 65.7 Å². The lowest BCUT2D eigenvalue weighted by Crippen LogP contribution is -2.57. The molecule has 1 aliphatic heterocycles. The summed E-state index contributed by atoms with van der Waals surface area (Å²) in [5, 5.41) is 4.49. The molecule has 0 saturated carbocycles. The highest BCUT2D eigenvalue weighted by Gasteiger charge is 2.32. The lowest BCUT2D eigenvalue weighted by atomic mass is 10.2.